The number of carboxylic acid groups (broad SMARTS) is 1. The minimum Gasteiger partial charge on any atom is -0.480 e. The van der Waals surface area contributed by atoms with E-state index in [-0.39, 0.29) is 16.8 Å². The zero-order valence-corrected chi connectivity index (χ0v) is 16.5. The Bertz CT molecular complexity index is 836. The Hall–Kier alpha value is -1.93. The van der Waals surface area contributed by atoms with Gasteiger partial charge in [-0.15, -0.1) is 0 Å². The summed E-state index contributed by atoms with van der Waals surface area (Å²) in [6.07, 6.45) is 3.77. The van der Waals surface area contributed by atoms with E-state index in [1.54, 1.807) is 6.92 Å². The molecule has 0 spiro atoms. The van der Waals surface area contributed by atoms with Crippen molar-refractivity contribution in [1.29, 1.82) is 0 Å². The van der Waals surface area contributed by atoms with E-state index in [0.29, 0.717) is 31.5 Å². The second-order valence-electron chi connectivity index (χ2n) is 7.62. The van der Waals surface area contributed by atoms with Crippen LogP contribution in [0.25, 0.3) is 0 Å². The van der Waals surface area contributed by atoms with E-state index in [1.165, 1.54) is 33.5 Å². The van der Waals surface area contributed by atoms with Crippen LogP contribution in [0.2, 0.25) is 0 Å². The van der Waals surface area contributed by atoms with Gasteiger partial charge in [-0.05, 0) is 63.8 Å². The van der Waals surface area contributed by atoms with Crippen molar-refractivity contribution in [2.24, 2.45) is 0 Å². The molecule has 2 unspecified atom stereocenters. The number of rotatable bonds is 4. The van der Waals surface area contributed by atoms with Gasteiger partial charge < -0.3 is 10.0 Å². The predicted octanol–water partition coefficient (Wildman–Crippen LogP) is 2.33. The number of amides is 1. The molecule has 27 heavy (non-hydrogen) atoms. The van der Waals surface area contributed by atoms with Crippen molar-refractivity contribution in [3.63, 3.8) is 0 Å². The SMILES string of the molecule is CC1CCCCN1S(=O)(=O)c1ccc(C(=O)N2CCCC2(C)C(=O)O)cc1. The first-order valence-corrected chi connectivity index (χ1v) is 10.8. The summed E-state index contributed by atoms with van der Waals surface area (Å²) in [6.45, 7) is 4.35. The highest BCUT2D eigenvalue weighted by Gasteiger charge is 2.46. The van der Waals surface area contributed by atoms with Crippen LogP contribution in [0.15, 0.2) is 29.2 Å². The number of sulfonamides is 1. The Labute approximate surface area is 160 Å². The van der Waals surface area contributed by atoms with E-state index in [1.807, 2.05) is 6.92 Å². The molecule has 8 heteroatoms. The maximum atomic E-state index is 12.9. The van der Waals surface area contributed by atoms with Crippen molar-refractivity contribution < 1.29 is 23.1 Å². The van der Waals surface area contributed by atoms with Gasteiger partial charge >= 0.3 is 5.97 Å². The van der Waals surface area contributed by atoms with Crippen molar-refractivity contribution in [2.45, 2.75) is 62.4 Å². The molecule has 2 aliphatic heterocycles. The van der Waals surface area contributed by atoms with Gasteiger partial charge in [0.05, 0.1) is 4.90 Å². The smallest absolute Gasteiger partial charge is 0.329 e. The van der Waals surface area contributed by atoms with Crippen LogP contribution >= 0.6 is 0 Å². The molecular formula is C19H26N2O5S. The van der Waals surface area contributed by atoms with E-state index in [0.717, 1.165) is 19.3 Å². The Kier molecular flexibility index (Phi) is 5.31. The molecule has 0 aliphatic carbocycles. The van der Waals surface area contributed by atoms with Crippen molar-refractivity contribution in [3.8, 4) is 0 Å². The highest BCUT2D eigenvalue weighted by atomic mass is 32.2. The normalized spacial score (nSPS) is 26.9. The molecule has 1 aromatic carbocycles. The number of nitrogens with zero attached hydrogens (tertiary/aromatic N) is 2. The molecule has 2 atom stereocenters. The third kappa shape index (κ3) is 3.48. The van der Waals surface area contributed by atoms with Crippen LogP contribution in [0, 0.1) is 0 Å². The number of piperidine rings is 1. The van der Waals surface area contributed by atoms with Gasteiger partial charge in [-0.1, -0.05) is 6.42 Å². The lowest BCUT2D eigenvalue weighted by atomic mass is 9.98. The summed E-state index contributed by atoms with van der Waals surface area (Å²) >= 11 is 0. The molecule has 2 saturated heterocycles. The molecule has 148 valence electrons. The number of carbonyl (C=O) groups is 2. The summed E-state index contributed by atoms with van der Waals surface area (Å²) < 4.78 is 27.3. The summed E-state index contributed by atoms with van der Waals surface area (Å²) in [7, 11) is -3.59. The molecule has 2 heterocycles. The average Bonchev–Trinajstić information content (AvgIpc) is 3.04. The zero-order chi connectivity index (χ0) is 19.8. The van der Waals surface area contributed by atoms with Gasteiger partial charge in [-0.25, -0.2) is 13.2 Å². The van der Waals surface area contributed by atoms with Crippen LogP contribution in [-0.2, 0) is 14.8 Å². The minimum atomic E-state index is -3.59. The van der Waals surface area contributed by atoms with Crippen LogP contribution in [0.1, 0.15) is 56.3 Å². The topological polar surface area (TPSA) is 95.0 Å². The number of likely N-dealkylation sites (tertiary alicyclic amines) is 1. The summed E-state index contributed by atoms with van der Waals surface area (Å²) in [5.41, 5.74) is -0.916. The third-order valence-electron chi connectivity index (χ3n) is 5.80. The van der Waals surface area contributed by atoms with Crippen LogP contribution in [0.3, 0.4) is 0 Å². The van der Waals surface area contributed by atoms with Gasteiger partial charge in [-0.2, -0.15) is 4.31 Å². The summed E-state index contributed by atoms with van der Waals surface area (Å²) in [5.74, 6) is -1.40. The minimum absolute atomic E-state index is 0.0362. The van der Waals surface area contributed by atoms with Gasteiger partial charge in [0.25, 0.3) is 5.91 Å². The van der Waals surface area contributed by atoms with E-state index < -0.39 is 21.5 Å². The molecule has 0 radical (unpaired) electrons. The van der Waals surface area contributed by atoms with Crippen LogP contribution in [0.4, 0.5) is 0 Å². The summed E-state index contributed by atoms with van der Waals surface area (Å²) in [6, 6.07) is 5.80. The van der Waals surface area contributed by atoms with Crippen LogP contribution in [-0.4, -0.2) is 59.3 Å². The number of aliphatic carboxylic acids is 1. The Morgan fingerprint density at radius 3 is 2.37 bits per heavy atom. The average molecular weight is 394 g/mol. The molecule has 2 aliphatic rings. The second kappa shape index (κ2) is 7.24. The first-order chi connectivity index (χ1) is 12.7. The molecule has 2 fully saturated rings. The van der Waals surface area contributed by atoms with E-state index in [4.69, 9.17) is 0 Å². The van der Waals surface area contributed by atoms with Crippen molar-refractivity contribution >= 4 is 21.9 Å². The Balaban J connectivity index is 1.83. The number of hydrogen-bond acceptors (Lipinski definition) is 4. The van der Waals surface area contributed by atoms with Crippen molar-refractivity contribution in [3.05, 3.63) is 29.8 Å². The molecule has 1 N–H and O–H groups in total. The van der Waals surface area contributed by atoms with E-state index in [9.17, 15) is 23.1 Å². The van der Waals surface area contributed by atoms with Gasteiger partial charge in [0, 0.05) is 24.7 Å². The predicted molar refractivity (Wildman–Crippen MR) is 100.0 cm³/mol. The highest BCUT2D eigenvalue weighted by Crippen LogP contribution is 2.31. The first kappa shape index (κ1) is 19.8. The van der Waals surface area contributed by atoms with Gasteiger partial charge in [-0.3, -0.25) is 4.79 Å². The first-order valence-electron chi connectivity index (χ1n) is 9.35. The van der Waals surface area contributed by atoms with Gasteiger partial charge in [0.1, 0.15) is 5.54 Å². The number of carbonyl (C=O) groups excluding carboxylic acids is 1. The summed E-state index contributed by atoms with van der Waals surface area (Å²) in [4.78, 5) is 25.9. The fourth-order valence-corrected chi connectivity index (χ4v) is 5.70. The molecular weight excluding hydrogens is 368 g/mol. The number of hydrogen-bond donors (Lipinski definition) is 1. The second-order valence-corrected chi connectivity index (χ2v) is 9.51. The maximum absolute atomic E-state index is 12.9. The van der Waals surface area contributed by atoms with Crippen LogP contribution in [0.5, 0.6) is 0 Å². The lowest BCUT2D eigenvalue weighted by molar-refractivity contribution is -0.147. The van der Waals surface area contributed by atoms with E-state index >= 15 is 0 Å². The molecule has 0 bridgehead atoms. The zero-order valence-electron chi connectivity index (χ0n) is 15.7. The lowest BCUT2D eigenvalue weighted by Crippen LogP contribution is -2.50. The fraction of sp³-hybridized carbons (Fsp3) is 0.579. The quantitative estimate of drug-likeness (QED) is 0.846. The monoisotopic (exact) mass is 394 g/mol. The number of benzene rings is 1. The molecule has 7 nitrogen and oxygen atoms in total. The molecule has 1 aromatic rings. The maximum Gasteiger partial charge on any atom is 0.329 e. The molecule has 1 amide bonds. The lowest BCUT2D eigenvalue weighted by Gasteiger charge is -2.32. The van der Waals surface area contributed by atoms with Crippen molar-refractivity contribution in [2.75, 3.05) is 13.1 Å². The Morgan fingerprint density at radius 2 is 1.78 bits per heavy atom. The standard InChI is InChI=1S/C19H26N2O5S/c1-14-6-3-4-13-21(14)27(25,26)16-9-7-15(8-10-16)17(22)20-12-5-11-19(20,2)18(23)24/h7-10,14H,3-6,11-13H2,1-2H3,(H,23,24). The molecule has 0 saturated carbocycles. The third-order valence-corrected chi connectivity index (χ3v) is 7.82. The molecule has 0 aromatic heterocycles. The van der Waals surface area contributed by atoms with E-state index in [2.05, 4.69) is 0 Å². The highest BCUT2D eigenvalue weighted by molar-refractivity contribution is 7.89. The number of carboxylic acids is 1. The fourth-order valence-electron chi connectivity index (χ4n) is 4.00. The van der Waals surface area contributed by atoms with Crippen LogP contribution < -0.4 is 0 Å². The van der Waals surface area contributed by atoms with Crippen molar-refractivity contribution in [1.82, 2.24) is 9.21 Å². The van der Waals surface area contributed by atoms with Gasteiger partial charge in [0.15, 0.2) is 0 Å². The largest absolute Gasteiger partial charge is 0.480 e. The Morgan fingerprint density at radius 1 is 1.11 bits per heavy atom. The summed E-state index contributed by atoms with van der Waals surface area (Å²) in [5, 5.41) is 9.48. The molecule has 3 rings (SSSR count). The van der Waals surface area contributed by atoms with Gasteiger partial charge in [0.2, 0.25) is 10.0 Å².